The van der Waals surface area contributed by atoms with Crippen LogP contribution in [0.25, 0.3) is 0 Å². The van der Waals surface area contributed by atoms with Crippen LogP contribution in [0.5, 0.6) is 0 Å². The minimum absolute atomic E-state index is 0.317. The molecule has 0 amide bonds. The molecule has 96 valence electrons. The second-order valence-corrected chi connectivity index (χ2v) is 6.58. The zero-order chi connectivity index (χ0) is 12.4. The molecule has 1 N–H and O–H groups in total. The standard InChI is InChI=1S/C15H16ClFO/c16-11-4-3-9(17)6-10(11)15(18)14-12-7-1-2-8(5-7)13(12)14/h3-4,6-8,12-15,18H,1-2,5H2. The Hall–Kier alpha value is -0.600. The fraction of sp³-hybridized carbons (Fsp3) is 0.600. The number of aliphatic hydroxyl groups is 1. The largest absolute Gasteiger partial charge is 0.388 e. The lowest BCUT2D eigenvalue weighted by molar-refractivity contribution is 0.129. The Morgan fingerprint density at radius 1 is 1.22 bits per heavy atom. The van der Waals surface area contributed by atoms with Gasteiger partial charge in [0.2, 0.25) is 0 Å². The summed E-state index contributed by atoms with van der Waals surface area (Å²) in [6, 6.07) is 4.28. The summed E-state index contributed by atoms with van der Waals surface area (Å²) in [5.74, 6) is 2.99. The van der Waals surface area contributed by atoms with Gasteiger partial charge in [-0.15, -0.1) is 0 Å². The number of fused-ring (bicyclic) bond motifs is 5. The van der Waals surface area contributed by atoms with Crippen molar-refractivity contribution in [3.8, 4) is 0 Å². The van der Waals surface area contributed by atoms with E-state index in [1.807, 2.05) is 0 Å². The van der Waals surface area contributed by atoms with Gasteiger partial charge in [-0.05, 0) is 67.1 Å². The SMILES string of the molecule is OC(c1cc(F)ccc1Cl)C1C2C3CCC(C3)C21. The Labute approximate surface area is 111 Å². The van der Waals surface area contributed by atoms with Crippen LogP contribution in [0, 0.1) is 35.4 Å². The van der Waals surface area contributed by atoms with E-state index in [1.54, 1.807) is 6.07 Å². The van der Waals surface area contributed by atoms with E-state index in [1.165, 1.54) is 31.4 Å². The van der Waals surface area contributed by atoms with Crippen LogP contribution in [0.1, 0.15) is 30.9 Å². The van der Waals surface area contributed by atoms with Gasteiger partial charge in [-0.1, -0.05) is 11.6 Å². The van der Waals surface area contributed by atoms with E-state index in [9.17, 15) is 9.50 Å². The van der Waals surface area contributed by atoms with Crippen molar-refractivity contribution in [1.82, 2.24) is 0 Å². The molecule has 1 nitrogen and oxygen atoms in total. The topological polar surface area (TPSA) is 20.2 Å². The van der Waals surface area contributed by atoms with Crippen LogP contribution >= 0.6 is 11.6 Å². The molecule has 3 aliphatic rings. The second-order valence-electron chi connectivity index (χ2n) is 6.18. The van der Waals surface area contributed by atoms with E-state index >= 15 is 0 Å². The molecule has 0 heterocycles. The number of benzene rings is 1. The molecule has 0 aromatic heterocycles. The average Bonchev–Trinajstić information content (AvgIpc) is 2.79. The van der Waals surface area contributed by atoms with Crippen molar-refractivity contribution in [2.75, 3.05) is 0 Å². The Morgan fingerprint density at radius 3 is 2.56 bits per heavy atom. The minimum atomic E-state index is -0.577. The Morgan fingerprint density at radius 2 is 1.89 bits per heavy atom. The maximum absolute atomic E-state index is 13.3. The number of hydrogen-bond donors (Lipinski definition) is 1. The number of halogens is 2. The predicted molar refractivity (Wildman–Crippen MR) is 67.7 cm³/mol. The summed E-state index contributed by atoms with van der Waals surface area (Å²) in [5, 5.41) is 11.0. The van der Waals surface area contributed by atoms with Crippen molar-refractivity contribution in [1.29, 1.82) is 0 Å². The monoisotopic (exact) mass is 266 g/mol. The lowest BCUT2D eigenvalue weighted by Crippen LogP contribution is -2.09. The van der Waals surface area contributed by atoms with E-state index in [0.29, 0.717) is 28.3 Å². The van der Waals surface area contributed by atoms with Crippen molar-refractivity contribution in [2.45, 2.75) is 25.4 Å². The Balaban J connectivity index is 1.61. The minimum Gasteiger partial charge on any atom is -0.388 e. The third kappa shape index (κ3) is 1.42. The van der Waals surface area contributed by atoms with Crippen LogP contribution in [-0.4, -0.2) is 5.11 Å². The highest BCUT2D eigenvalue weighted by Gasteiger charge is 2.66. The van der Waals surface area contributed by atoms with Gasteiger partial charge >= 0.3 is 0 Å². The second kappa shape index (κ2) is 3.71. The van der Waals surface area contributed by atoms with E-state index in [4.69, 9.17) is 11.6 Å². The van der Waals surface area contributed by atoms with Crippen LogP contribution < -0.4 is 0 Å². The normalized spacial score (nSPS) is 41.8. The molecule has 0 radical (unpaired) electrons. The Kier molecular flexibility index (Phi) is 2.31. The van der Waals surface area contributed by atoms with Gasteiger partial charge in [0.05, 0.1) is 6.10 Å². The van der Waals surface area contributed by atoms with Gasteiger partial charge in [-0.25, -0.2) is 4.39 Å². The van der Waals surface area contributed by atoms with Crippen LogP contribution in [0.2, 0.25) is 5.02 Å². The van der Waals surface area contributed by atoms with E-state index < -0.39 is 6.10 Å². The first kappa shape index (κ1) is 11.2. The first-order chi connectivity index (χ1) is 8.66. The highest BCUT2D eigenvalue weighted by atomic mass is 35.5. The van der Waals surface area contributed by atoms with Crippen molar-refractivity contribution >= 4 is 11.6 Å². The molecule has 1 aromatic rings. The molecule has 3 aliphatic carbocycles. The summed E-state index contributed by atoms with van der Waals surface area (Å²) >= 11 is 6.08. The summed E-state index contributed by atoms with van der Waals surface area (Å²) in [7, 11) is 0. The van der Waals surface area contributed by atoms with Gasteiger partial charge in [0.15, 0.2) is 0 Å². The molecule has 3 heteroatoms. The van der Waals surface area contributed by atoms with Gasteiger partial charge < -0.3 is 5.11 Å². The third-order valence-electron chi connectivity index (χ3n) is 5.44. The molecular weight excluding hydrogens is 251 g/mol. The lowest BCUT2D eigenvalue weighted by Gasteiger charge is -2.16. The lowest BCUT2D eigenvalue weighted by atomic mass is 9.95. The maximum Gasteiger partial charge on any atom is 0.123 e. The summed E-state index contributed by atoms with van der Waals surface area (Å²) in [4.78, 5) is 0. The van der Waals surface area contributed by atoms with Crippen LogP contribution in [0.15, 0.2) is 18.2 Å². The molecule has 4 rings (SSSR count). The van der Waals surface area contributed by atoms with Gasteiger partial charge in [0.1, 0.15) is 5.82 Å². The summed E-state index contributed by atoms with van der Waals surface area (Å²) < 4.78 is 13.3. The zero-order valence-electron chi connectivity index (χ0n) is 10.0. The van der Waals surface area contributed by atoms with Crippen molar-refractivity contribution < 1.29 is 9.50 Å². The maximum atomic E-state index is 13.3. The molecule has 1 aromatic carbocycles. The van der Waals surface area contributed by atoms with Crippen LogP contribution in [0.4, 0.5) is 4.39 Å². The highest BCUT2D eigenvalue weighted by Crippen LogP contribution is 2.72. The molecule has 2 bridgehead atoms. The van der Waals surface area contributed by atoms with Gasteiger partial charge in [0.25, 0.3) is 0 Å². The number of rotatable bonds is 2. The molecule has 0 saturated heterocycles. The van der Waals surface area contributed by atoms with E-state index in [-0.39, 0.29) is 5.82 Å². The molecule has 3 saturated carbocycles. The first-order valence-electron chi connectivity index (χ1n) is 6.80. The van der Waals surface area contributed by atoms with Gasteiger partial charge in [-0.2, -0.15) is 0 Å². The zero-order valence-corrected chi connectivity index (χ0v) is 10.8. The molecule has 0 spiro atoms. The number of aliphatic hydroxyl groups excluding tert-OH is 1. The fourth-order valence-electron chi connectivity index (χ4n) is 4.76. The summed E-state index contributed by atoms with van der Waals surface area (Å²) in [5.41, 5.74) is 0.579. The van der Waals surface area contributed by atoms with Gasteiger partial charge in [-0.3, -0.25) is 0 Å². The quantitative estimate of drug-likeness (QED) is 0.863. The predicted octanol–water partition coefficient (Wildman–Crippen LogP) is 3.80. The van der Waals surface area contributed by atoms with Crippen LogP contribution in [0.3, 0.4) is 0 Å². The third-order valence-corrected chi connectivity index (χ3v) is 5.78. The van der Waals surface area contributed by atoms with Gasteiger partial charge in [0, 0.05) is 10.6 Å². The number of hydrogen-bond acceptors (Lipinski definition) is 1. The smallest absolute Gasteiger partial charge is 0.123 e. The summed E-state index contributed by atoms with van der Waals surface area (Å²) in [6.45, 7) is 0. The van der Waals surface area contributed by atoms with E-state index in [2.05, 4.69) is 0 Å². The van der Waals surface area contributed by atoms with Crippen molar-refractivity contribution in [2.24, 2.45) is 29.6 Å². The molecule has 5 atom stereocenters. The average molecular weight is 267 g/mol. The molecule has 5 unspecified atom stereocenters. The molecular formula is C15H16ClFO. The molecule has 3 fully saturated rings. The van der Waals surface area contributed by atoms with E-state index in [0.717, 1.165) is 11.8 Å². The van der Waals surface area contributed by atoms with Crippen molar-refractivity contribution in [3.63, 3.8) is 0 Å². The fourth-order valence-corrected chi connectivity index (χ4v) is 4.99. The highest BCUT2D eigenvalue weighted by molar-refractivity contribution is 6.31. The molecule has 0 aliphatic heterocycles. The summed E-state index contributed by atoms with van der Waals surface area (Å²) in [6.07, 6.45) is 3.43. The Bertz CT molecular complexity index is 487. The first-order valence-corrected chi connectivity index (χ1v) is 7.17. The molecule has 18 heavy (non-hydrogen) atoms. The van der Waals surface area contributed by atoms with Crippen LogP contribution in [-0.2, 0) is 0 Å². The van der Waals surface area contributed by atoms with Crippen molar-refractivity contribution in [3.05, 3.63) is 34.6 Å².